The van der Waals surface area contributed by atoms with Crippen LogP contribution in [0.1, 0.15) is 58.8 Å². The first kappa shape index (κ1) is 30.5. The van der Waals surface area contributed by atoms with E-state index >= 15 is 0 Å². The number of amides is 1. The third-order valence-electron chi connectivity index (χ3n) is 8.74. The largest absolute Gasteiger partial charge is 0.511 e. The highest BCUT2D eigenvalue weighted by Crippen LogP contribution is 2.52. The van der Waals surface area contributed by atoms with Crippen LogP contribution in [0.15, 0.2) is 23.2 Å². The van der Waals surface area contributed by atoms with Crippen LogP contribution in [0.5, 0.6) is 0 Å². The molecule has 2 fully saturated rings. The Bertz CT molecular complexity index is 1540. The molecule has 42 heavy (non-hydrogen) atoms. The molecule has 0 aromatic carbocycles. The Kier molecular flexibility index (Phi) is 8.18. The van der Waals surface area contributed by atoms with Crippen LogP contribution in [0.4, 0.5) is 4.79 Å². The molecule has 14 heteroatoms. The second-order valence-corrected chi connectivity index (χ2v) is 15.0. The molecule has 0 bridgehead atoms. The molecule has 1 saturated heterocycles. The molecule has 1 N–H and O–H groups in total. The number of nitrogens with zero attached hydrogens (tertiary/aromatic N) is 3. The van der Waals surface area contributed by atoms with Gasteiger partial charge in [-0.05, 0) is 37.5 Å². The van der Waals surface area contributed by atoms with E-state index in [0.29, 0.717) is 27.1 Å². The molecule has 0 spiro atoms. The molecular formula is C28H37N3O9S2. The van der Waals surface area contributed by atoms with Gasteiger partial charge < -0.3 is 24.2 Å². The summed E-state index contributed by atoms with van der Waals surface area (Å²) in [6.07, 6.45) is 4.71. The van der Waals surface area contributed by atoms with Gasteiger partial charge in [0.2, 0.25) is 12.7 Å². The van der Waals surface area contributed by atoms with Crippen LogP contribution in [0.25, 0.3) is 10.4 Å². The van der Waals surface area contributed by atoms with E-state index in [1.165, 1.54) is 18.2 Å². The van der Waals surface area contributed by atoms with E-state index in [2.05, 4.69) is 25.8 Å². The lowest BCUT2D eigenvalue weighted by molar-refractivity contribution is -0.167. The van der Waals surface area contributed by atoms with Crippen molar-refractivity contribution < 1.29 is 42.1 Å². The lowest BCUT2D eigenvalue weighted by Gasteiger charge is -2.46. The number of sulfone groups is 1. The van der Waals surface area contributed by atoms with Crippen molar-refractivity contribution in [1.29, 1.82) is 0 Å². The van der Waals surface area contributed by atoms with E-state index in [0.717, 1.165) is 36.9 Å². The van der Waals surface area contributed by atoms with Crippen molar-refractivity contribution in [3.05, 3.63) is 23.1 Å². The molecule has 4 heterocycles. The molecule has 12 nitrogen and oxygen atoms in total. The van der Waals surface area contributed by atoms with Crippen molar-refractivity contribution in [3.8, 4) is 0 Å². The number of aliphatic hydroxyl groups excluding tert-OH is 1. The monoisotopic (exact) mass is 623 g/mol. The van der Waals surface area contributed by atoms with E-state index in [-0.39, 0.29) is 28.7 Å². The van der Waals surface area contributed by atoms with E-state index in [1.807, 2.05) is 6.92 Å². The summed E-state index contributed by atoms with van der Waals surface area (Å²) in [5, 5.41) is 10.2. The Balaban J connectivity index is 1.36. The Hall–Kier alpha value is -2.97. The Labute approximate surface area is 248 Å². The van der Waals surface area contributed by atoms with Crippen LogP contribution in [0, 0.1) is 29.6 Å². The van der Waals surface area contributed by atoms with Gasteiger partial charge in [-0.1, -0.05) is 34.1 Å². The standard InChI is InChI=1S/C28H37N3O9S2/c1-13(2)17-8-7-14(3)9-18(17)40-28(35)39-12-38-27(34)23-20(15(4)22-21(16(5)32)25(33)31(22)23)19-10-30-11-29-24(26(30)41-19)42(6,36)37/h10-11,13-18,21-22,32H,7-9,12H2,1-6H3/t14-,15?,16+,17?,18?,21+,22+/m0/s1. The van der Waals surface area contributed by atoms with E-state index in [1.54, 1.807) is 10.6 Å². The normalized spacial score (nSPS) is 28.6. The van der Waals surface area contributed by atoms with Crippen LogP contribution < -0.4 is 0 Å². The van der Waals surface area contributed by atoms with Gasteiger partial charge in [0.05, 0.1) is 22.9 Å². The molecule has 2 aliphatic heterocycles. The minimum Gasteiger partial charge on any atom is -0.431 e. The molecule has 1 aliphatic carbocycles. The number of β-lactam (4-membered cyclic amide) rings is 1. The van der Waals surface area contributed by atoms with E-state index < -0.39 is 52.7 Å². The first-order valence-electron chi connectivity index (χ1n) is 14.1. The van der Waals surface area contributed by atoms with E-state index in [9.17, 15) is 27.9 Å². The SMILES string of the molecule is CC(C)C1CC[C@H](C)CC1OC(=O)OCOC(=O)C1=C(c2cn3cnc(S(C)(=O)=O)c3s2)C(C)[C@@H]2[C@@H]([C@@H](C)O)C(=O)N12. The molecule has 2 aromatic rings. The van der Waals surface area contributed by atoms with Crippen LogP contribution in [-0.4, -0.2) is 77.1 Å². The van der Waals surface area contributed by atoms with Crippen molar-refractivity contribution >= 4 is 49.6 Å². The number of aliphatic hydroxyl groups is 1. The first-order valence-corrected chi connectivity index (χ1v) is 16.8. The molecule has 1 amide bonds. The highest BCUT2D eigenvalue weighted by Gasteiger charge is 2.60. The summed E-state index contributed by atoms with van der Waals surface area (Å²) >= 11 is 1.12. The molecule has 0 radical (unpaired) electrons. The molecule has 3 aliphatic rings. The second kappa shape index (κ2) is 11.3. The van der Waals surface area contributed by atoms with E-state index in [4.69, 9.17) is 14.2 Å². The number of thiazole rings is 1. The predicted octanol–water partition coefficient (Wildman–Crippen LogP) is 3.48. The summed E-state index contributed by atoms with van der Waals surface area (Å²) in [5.74, 6) is -1.41. The summed E-state index contributed by atoms with van der Waals surface area (Å²) in [7, 11) is -3.61. The van der Waals surface area contributed by atoms with Crippen LogP contribution >= 0.6 is 11.3 Å². The Morgan fingerprint density at radius 3 is 2.55 bits per heavy atom. The molecule has 1 saturated carbocycles. The van der Waals surface area contributed by atoms with Crippen molar-refractivity contribution in [1.82, 2.24) is 14.3 Å². The molecule has 230 valence electrons. The zero-order valence-electron chi connectivity index (χ0n) is 24.5. The maximum atomic E-state index is 13.4. The summed E-state index contributed by atoms with van der Waals surface area (Å²) in [4.78, 5) is 45.3. The van der Waals surface area contributed by atoms with Gasteiger partial charge >= 0.3 is 12.1 Å². The van der Waals surface area contributed by atoms with Gasteiger partial charge in [0.15, 0.2) is 14.9 Å². The smallest absolute Gasteiger partial charge is 0.431 e. The quantitative estimate of drug-likeness (QED) is 0.263. The Morgan fingerprint density at radius 2 is 1.90 bits per heavy atom. The number of imidazole rings is 1. The summed E-state index contributed by atoms with van der Waals surface area (Å²) in [6.45, 7) is 8.96. The maximum absolute atomic E-state index is 13.4. The minimum atomic E-state index is -3.61. The third kappa shape index (κ3) is 5.32. The molecule has 2 aromatic heterocycles. The maximum Gasteiger partial charge on any atom is 0.511 e. The number of hydrogen-bond donors (Lipinski definition) is 1. The summed E-state index contributed by atoms with van der Waals surface area (Å²) < 4.78 is 42.1. The van der Waals surface area contributed by atoms with Gasteiger partial charge in [0.1, 0.15) is 23.0 Å². The first-order chi connectivity index (χ1) is 19.7. The lowest BCUT2D eigenvalue weighted by Crippen LogP contribution is -2.63. The number of hydrogen-bond acceptors (Lipinski definition) is 11. The van der Waals surface area contributed by atoms with Crippen molar-refractivity contribution in [2.45, 2.75) is 77.2 Å². The van der Waals surface area contributed by atoms with Gasteiger partial charge in [-0.2, -0.15) is 0 Å². The number of aromatic nitrogens is 2. The molecule has 7 atom stereocenters. The molecule has 5 rings (SSSR count). The van der Waals surface area contributed by atoms with Gasteiger partial charge in [0, 0.05) is 23.9 Å². The topological polar surface area (TPSA) is 154 Å². The number of rotatable bonds is 8. The molecule has 3 unspecified atom stereocenters. The summed E-state index contributed by atoms with van der Waals surface area (Å²) in [5.41, 5.74) is 0.457. The lowest BCUT2D eigenvalue weighted by atomic mass is 9.75. The Morgan fingerprint density at radius 1 is 1.19 bits per heavy atom. The number of carbonyl (C=O) groups excluding carboxylic acids is 3. The molecular weight excluding hydrogens is 586 g/mol. The van der Waals surface area contributed by atoms with Gasteiger partial charge in [0.25, 0.3) is 0 Å². The fourth-order valence-electron chi connectivity index (χ4n) is 6.65. The van der Waals surface area contributed by atoms with Gasteiger partial charge in [-0.3, -0.25) is 9.20 Å². The number of esters is 1. The zero-order valence-corrected chi connectivity index (χ0v) is 26.1. The van der Waals surface area contributed by atoms with Gasteiger partial charge in [-0.15, -0.1) is 11.3 Å². The zero-order chi connectivity index (χ0) is 30.7. The van der Waals surface area contributed by atoms with Crippen molar-refractivity contribution in [2.75, 3.05) is 13.0 Å². The number of carbonyl (C=O) groups is 3. The van der Waals surface area contributed by atoms with Crippen molar-refractivity contribution in [2.24, 2.45) is 29.6 Å². The van der Waals surface area contributed by atoms with Crippen LogP contribution in [0.2, 0.25) is 0 Å². The highest BCUT2D eigenvalue weighted by atomic mass is 32.2. The third-order valence-corrected chi connectivity index (χ3v) is 11.0. The number of fused-ring (bicyclic) bond motifs is 2. The predicted molar refractivity (Wildman–Crippen MR) is 152 cm³/mol. The summed E-state index contributed by atoms with van der Waals surface area (Å²) in [6, 6.07) is -0.490. The van der Waals surface area contributed by atoms with Gasteiger partial charge in [-0.25, -0.2) is 23.0 Å². The van der Waals surface area contributed by atoms with Crippen LogP contribution in [-0.2, 0) is 33.6 Å². The minimum absolute atomic E-state index is 0.0225. The van der Waals surface area contributed by atoms with Crippen LogP contribution in [0.3, 0.4) is 0 Å². The average molecular weight is 624 g/mol. The van der Waals surface area contributed by atoms with Crippen molar-refractivity contribution in [3.63, 3.8) is 0 Å². The number of ether oxygens (including phenoxy) is 3. The second-order valence-electron chi connectivity index (χ2n) is 12.1. The fraction of sp³-hybridized carbons (Fsp3) is 0.643. The average Bonchev–Trinajstić information content (AvgIpc) is 3.52. The fourth-order valence-corrected chi connectivity index (χ4v) is 9.00. The highest BCUT2D eigenvalue weighted by molar-refractivity contribution is 7.91.